The summed E-state index contributed by atoms with van der Waals surface area (Å²) in [5.74, 6) is 0. The monoisotopic (exact) mass is 93.1 g/mol. The summed E-state index contributed by atoms with van der Waals surface area (Å²) in [6.45, 7) is 2.15. The SMILES string of the molecule is CCC1=[C]CC=C1. The third-order valence-corrected chi connectivity index (χ3v) is 1.15. The molecular weight excluding hydrogens is 84.1 g/mol. The molecule has 0 aromatic rings. The van der Waals surface area contributed by atoms with E-state index in [-0.39, 0.29) is 0 Å². The normalized spacial score (nSPS) is 17.6. The molecule has 0 aliphatic heterocycles. The van der Waals surface area contributed by atoms with Crippen LogP contribution in [0.5, 0.6) is 0 Å². The molecule has 1 rings (SSSR count). The minimum absolute atomic E-state index is 1.03. The van der Waals surface area contributed by atoms with Gasteiger partial charge >= 0.3 is 0 Å². The number of hydrogen-bond donors (Lipinski definition) is 0. The van der Waals surface area contributed by atoms with Crippen LogP contribution in [0.15, 0.2) is 17.7 Å². The van der Waals surface area contributed by atoms with Crippen LogP contribution in [0.1, 0.15) is 19.8 Å². The maximum atomic E-state index is 3.21. The van der Waals surface area contributed by atoms with Gasteiger partial charge in [0.2, 0.25) is 0 Å². The van der Waals surface area contributed by atoms with Crippen LogP contribution in [0.25, 0.3) is 0 Å². The number of hydrogen-bond acceptors (Lipinski definition) is 0. The Kier molecular flexibility index (Phi) is 1.30. The quantitative estimate of drug-likeness (QED) is 0.465. The van der Waals surface area contributed by atoms with Crippen molar-refractivity contribution in [3.05, 3.63) is 23.8 Å². The summed E-state index contributed by atoms with van der Waals surface area (Å²) in [7, 11) is 0. The Morgan fingerprint density at radius 2 is 2.71 bits per heavy atom. The molecule has 0 bridgehead atoms. The van der Waals surface area contributed by atoms with Crippen LogP contribution in [0.2, 0.25) is 0 Å². The van der Waals surface area contributed by atoms with Crippen molar-refractivity contribution in [2.75, 3.05) is 0 Å². The highest BCUT2D eigenvalue weighted by molar-refractivity contribution is 5.21. The third-order valence-electron chi connectivity index (χ3n) is 1.15. The van der Waals surface area contributed by atoms with Crippen molar-refractivity contribution in [3.8, 4) is 0 Å². The molecule has 0 fully saturated rings. The van der Waals surface area contributed by atoms with Gasteiger partial charge < -0.3 is 0 Å². The summed E-state index contributed by atoms with van der Waals surface area (Å²) in [4.78, 5) is 0. The number of rotatable bonds is 1. The molecule has 0 saturated heterocycles. The summed E-state index contributed by atoms with van der Waals surface area (Å²) >= 11 is 0. The molecule has 0 unspecified atom stereocenters. The molecule has 0 atom stereocenters. The van der Waals surface area contributed by atoms with E-state index in [1.165, 1.54) is 5.57 Å². The zero-order chi connectivity index (χ0) is 5.11. The lowest BCUT2D eigenvalue weighted by atomic mass is 10.2. The Bertz CT molecular complexity index is 107. The lowest BCUT2D eigenvalue weighted by Crippen LogP contribution is -1.64. The van der Waals surface area contributed by atoms with Crippen LogP contribution < -0.4 is 0 Å². The standard InChI is InChI=1S/C7H9/c1-2-7-5-3-4-6-7/h3,5H,2,4H2,1H3. The van der Waals surface area contributed by atoms with Crippen LogP contribution in [0, 0.1) is 6.08 Å². The maximum absolute atomic E-state index is 3.21. The van der Waals surface area contributed by atoms with Gasteiger partial charge in [0.1, 0.15) is 0 Å². The molecule has 1 radical (unpaired) electrons. The van der Waals surface area contributed by atoms with E-state index < -0.39 is 0 Å². The first-order chi connectivity index (χ1) is 3.43. The van der Waals surface area contributed by atoms with Crippen LogP contribution in [-0.2, 0) is 0 Å². The predicted molar refractivity (Wildman–Crippen MR) is 30.8 cm³/mol. The van der Waals surface area contributed by atoms with E-state index in [1.807, 2.05) is 0 Å². The fourth-order valence-electron chi connectivity index (χ4n) is 0.693. The van der Waals surface area contributed by atoms with Crippen molar-refractivity contribution in [3.63, 3.8) is 0 Å². The van der Waals surface area contributed by atoms with Crippen LogP contribution >= 0.6 is 0 Å². The number of allylic oxidation sites excluding steroid dienone is 4. The lowest BCUT2D eigenvalue weighted by Gasteiger charge is -1.83. The highest BCUT2D eigenvalue weighted by Gasteiger charge is 1.91. The molecule has 0 spiro atoms. The van der Waals surface area contributed by atoms with Crippen LogP contribution in [0.4, 0.5) is 0 Å². The Hall–Kier alpha value is -0.520. The Morgan fingerprint density at radius 3 is 3.00 bits per heavy atom. The van der Waals surface area contributed by atoms with Gasteiger partial charge in [0.05, 0.1) is 0 Å². The van der Waals surface area contributed by atoms with Gasteiger partial charge in [-0.3, -0.25) is 0 Å². The molecule has 1 aliphatic rings. The predicted octanol–water partition coefficient (Wildman–Crippen LogP) is 2.09. The van der Waals surface area contributed by atoms with Crippen molar-refractivity contribution in [1.82, 2.24) is 0 Å². The summed E-state index contributed by atoms with van der Waals surface area (Å²) < 4.78 is 0. The summed E-state index contributed by atoms with van der Waals surface area (Å²) in [5, 5.41) is 0. The van der Waals surface area contributed by atoms with Crippen molar-refractivity contribution >= 4 is 0 Å². The molecule has 0 nitrogen and oxygen atoms in total. The molecule has 1 aliphatic carbocycles. The molecule has 7 heavy (non-hydrogen) atoms. The lowest BCUT2D eigenvalue weighted by molar-refractivity contribution is 1.14. The van der Waals surface area contributed by atoms with Crippen LogP contribution in [0.3, 0.4) is 0 Å². The van der Waals surface area contributed by atoms with Gasteiger partial charge in [-0.15, -0.1) is 0 Å². The molecule has 0 saturated carbocycles. The fraction of sp³-hybridized carbons (Fsp3) is 0.429. The second-order valence-corrected chi connectivity index (χ2v) is 1.66. The fourth-order valence-corrected chi connectivity index (χ4v) is 0.693. The van der Waals surface area contributed by atoms with Gasteiger partial charge in [0, 0.05) is 0 Å². The second kappa shape index (κ2) is 1.97. The molecule has 37 valence electrons. The van der Waals surface area contributed by atoms with E-state index in [2.05, 4.69) is 25.2 Å². The smallest absolute Gasteiger partial charge is 0.00885 e. The van der Waals surface area contributed by atoms with Crippen molar-refractivity contribution < 1.29 is 0 Å². The Balaban J connectivity index is 2.52. The minimum Gasteiger partial charge on any atom is -0.0798 e. The molecule has 0 heteroatoms. The van der Waals surface area contributed by atoms with Gasteiger partial charge in [-0.1, -0.05) is 19.1 Å². The largest absolute Gasteiger partial charge is 0.0798 e. The van der Waals surface area contributed by atoms with E-state index in [9.17, 15) is 0 Å². The average Bonchev–Trinajstić information content (AvgIpc) is 2.14. The highest BCUT2D eigenvalue weighted by Crippen LogP contribution is 2.09. The molecule has 0 amide bonds. The second-order valence-electron chi connectivity index (χ2n) is 1.66. The average molecular weight is 93.1 g/mol. The van der Waals surface area contributed by atoms with E-state index >= 15 is 0 Å². The van der Waals surface area contributed by atoms with Gasteiger partial charge in [-0.05, 0) is 24.5 Å². The van der Waals surface area contributed by atoms with Gasteiger partial charge in [-0.2, -0.15) is 0 Å². The first-order valence-electron chi connectivity index (χ1n) is 2.69. The molecule has 0 heterocycles. The van der Waals surface area contributed by atoms with E-state index in [0.717, 1.165) is 12.8 Å². The Labute approximate surface area is 44.5 Å². The molecular formula is C7H9. The molecule has 0 aromatic heterocycles. The van der Waals surface area contributed by atoms with Gasteiger partial charge in [0.15, 0.2) is 0 Å². The summed E-state index contributed by atoms with van der Waals surface area (Å²) in [6, 6.07) is 0. The zero-order valence-corrected chi connectivity index (χ0v) is 4.57. The zero-order valence-electron chi connectivity index (χ0n) is 4.57. The van der Waals surface area contributed by atoms with E-state index in [4.69, 9.17) is 0 Å². The van der Waals surface area contributed by atoms with Gasteiger partial charge in [-0.25, -0.2) is 0 Å². The van der Waals surface area contributed by atoms with Gasteiger partial charge in [0.25, 0.3) is 0 Å². The highest BCUT2D eigenvalue weighted by atomic mass is 14.0. The van der Waals surface area contributed by atoms with Crippen molar-refractivity contribution in [2.45, 2.75) is 19.8 Å². The van der Waals surface area contributed by atoms with Crippen LogP contribution in [-0.4, -0.2) is 0 Å². The summed E-state index contributed by atoms with van der Waals surface area (Å²) in [6.07, 6.45) is 9.65. The topological polar surface area (TPSA) is 0 Å². The van der Waals surface area contributed by atoms with Crippen molar-refractivity contribution in [2.24, 2.45) is 0 Å². The first-order valence-corrected chi connectivity index (χ1v) is 2.69. The first kappa shape index (κ1) is 4.63. The third kappa shape index (κ3) is 0.923. The minimum atomic E-state index is 1.03. The Morgan fingerprint density at radius 1 is 1.86 bits per heavy atom. The van der Waals surface area contributed by atoms with Crippen molar-refractivity contribution in [1.29, 1.82) is 0 Å². The molecule has 0 aromatic carbocycles. The molecule has 0 N–H and O–H groups in total. The van der Waals surface area contributed by atoms with E-state index in [0.29, 0.717) is 0 Å². The van der Waals surface area contributed by atoms with E-state index in [1.54, 1.807) is 0 Å². The maximum Gasteiger partial charge on any atom is -0.00885 e. The summed E-state index contributed by atoms with van der Waals surface area (Å²) in [5.41, 5.74) is 1.36.